The first kappa shape index (κ1) is 23.4. The average Bonchev–Trinajstić information content (AvgIpc) is 2.88. The Morgan fingerprint density at radius 1 is 0.912 bits per heavy atom. The highest BCUT2D eigenvalue weighted by molar-refractivity contribution is 5.78. The lowest BCUT2D eigenvalue weighted by atomic mass is 10.1. The van der Waals surface area contributed by atoms with Gasteiger partial charge in [-0.25, -0.2) is 0 Å². The van der Waals surface area contributed by atoms with Crippen molar-refractivity contribution in [2.45, 2.75) is 13.8 Å². The molecule has 1 amide bonds. The molecule has 1 fully saturated rings. The molecule has 4 rings (SSSR count). The van der Waals surface area contributed by atoms with E-state index in [9.17, 15) is 4.79 Å². The fourth-order valence-electron chi connectivity index (χ4n) is 3.85. The van der Waals surface area contributed by atoms with Gasteiger partial charge in [-0.15, -0.1) is 10.2 Å². The molecule has 0 spiro atoms. The van der Waals surface area contributed by atoms with Crippen LogP contribution in [-0.2, 0) is 4.79 Å². The molecule has 0 radical (unpaired) electrons. The van der Waals surface area contributed by atoms with Crippen LogP contribution in [0.25, 0.3) is 11.3 Å². The zero-order valence-electron chi connectivity index (χ0n) is 19.9. The molecular weight excluding hydrogens is 432 g/mol. The topological polar surface area (TPSA) is 77.0 Å². The van der Waals surface area contributed by atoms with Gasteiger partial charge >= 0.3 is 0 Å². The molecule has 1 saturated heterocycles. The van der Waals surface area contributed by atoms with E-state index in [1.165, 1.54) is 0 Å². The Morgan fingerprint density at radius 3 is 2.32 bits per heavy atom. The van der Waals surface area contributed by atoms with E-state index < -0.39 is 0 Å². The molecule has 8 nitrogen and oxygen atoms in total. The van der Waals surface area contributed by atoms with Crippen LogP contribution in [0.15, 0.2) is 54.6 Å². The Balaban J connectivity index is 1.29. The van der Waals surface area contributed by atoms with E-state index in [0.29, 0.717) is 44.3 Å². The molecule has 0 unspecified atom stereocenters. The molecule has 1 aliphatic rings. The fraction of sp³-hybridized carbons (Fsp3) is 0.346. The third kappa shape index (κ3) is 5.57. The van der Waals surface area contributed by atoms with Gasteiger partial charge in [0.1, 0.15) is 5.75 Å². The number of amides is 1. The Hall–Kier alpha value is -3.81. The van der Waals surface area contributed by atoms with E-state index >= 15 is 0 Å². The summed E-state index contributed by atoms with van der Waals surface area (Å²) < 4.78 is 16.6. The zero-order chi connectivity index (χ0) is 23.9. The highest BCUT2D eigenvalue weighted by atomic mass is 16.5. The van der Waals surface area contributed by atoms with Crippen molar-refractivity contribution in [2.24, 2.45) is 0 Å². The van der Waals surface area contributed by atoms with Crippen LogP contribution in [-0.4, -0.2) is 67.5 Å². The third-order valence-corrected chi connectivity index (χ3v) is 5.74. The van der Waals surface area contributed by atoms with E-state index in [0.717, 1.165) is 28.4 Å². The van der Waals surface area contributed by atoms with E-state index in [1.54, 1.807) is 7.11 Å². The molecule has 1 aliphatic heterocycles. The lowest BCUT2D eigenvalue weighted by Crippen LogP contribution is -2.50. The summed E-state index contributed by atoms with van der Waals surface area (Å²) in [4.78, 5) is 16.6. The van der Waals surface area contributed by atoms with Gasteiger partial charge in [0.2, 0.25) is 0 Å². The maximum atomic E-state index is 12.7. The smallest absolute Gasteiger partial charge is 0.260 e. The summed E-state index contributed by atoms with van der Waals surface area (Å²) in [6, 6.07) is 17.4. The molecule has 2 heterocycles. The number of hydrogen-bond acceptors (Lipinski definition) is 7. The molecule has 2 aromatic carbocycles. The maximum Gasteiger partial charge on any atom is 0.260 e. The Bertz CT molecular complexity index is 1090. The fourth-order valence-corrected chi connectivity index (χ4v) is 3.85. The number of ether oxygens (including phenoxy) is 3. The summed E-state index contributed by atoms with van der Waals surface area (Å²) in [5.41, 5.74) is 2.87. The summed E-state index contributed by atoms with van der Waals surface area (Å²) in [5.74, 6) is 2.81. The van der Waals surface area contributed by atoms with Crippen LogP contribution in [0.3, 0.4) is 0 Å². The van der Waals surface area contributed by atoms with E-state index in [2.05, 4.69) is 15.1 Å². The van der Waals surface area contributed by atoms with Crippen LogP contribution >= 0.6 is 0 Å². The predicted molar refractivity (Wildman–Crippen MR) is 131 cm³/mol. The predicted octanol–water partition coefficient (Wildman–Crippen LogP) is 3.59. The summed E-state index contributed by atoms with van der Waals surface area (Å²) in [6.45, 7) is 7.16. The Labute approximate surface area is 200 Å². The number of rotatable bonds is 8. The van der Waals surface area contributed by atoms with Crippen LogP contribution in [0.2, 0.25) is 0 Å². The van der Waals surface area contributed by atoms with Gasteiger partial charge in [-0.2, -0.15) is 0 Å². The van der Waals surface area contributed by atoms with Crippen LogP contribution in [0, 0.1) is 6.92 Å². The van der Waals surface area contributed by atoms with Gasteiger partial charge in [0.15, 0.2) is 23.9 Å². The number of carbonyl (C=O) groups is 1. The maximum absolute atomic E-state index is 12.7. The number of anilines is 1. The third-order valence-electron chi connectivity index (χ3n) is 5.74. The first-order valence-corrected chi connectivity index (χ1v) is 11.4. The lowest BCUT2D eigenvalue weighted by Gasteiger charge is -2.35. The number of hydrogen-bond donors (Lipinski definition) is 0. The van der Waals surface area contributed by atoms with E-state index in [1.807, 2.05) is 73.3 Å². The van der Waals surface area contributed by atoms with Crippen LogP contribution in [0.1, 0.15) is 12.5 Å². The standard InChI is InChI=1S/C26H30N4O4/c1-4-33-21-8-6-20(7-9-21)22-10-12-25(28-27-22)29-13-15-30(16-14-29)26(31)18-34-23-11-5-19(2)17-24(23)32-3/h5-12,17H,4,13-16,18H2,1-3H3. The highest BCUT2D eigenvalue weighted by Gasteiger charge is 2.23. The van der Waals surface area contributed by atoms with E-state index in [-0.39, 0.29) is 12.5 Å². The summed E-state index contributed by atoms with van der Waals surface area (Å²) >= 11 is 0. The number of aryl methyl sites for hydroxylation is 1. The number of piperazine rings is 1. The van der Waals surface area contributed by atoms with Crippen LogP contribution in [0.4, 0.5) is 5.82 Å². The van der Waals surface area contributed by atoms with Gasteiger partial charge in [0, 0.05) is 31.7 Å². The Kier molecular flexibility index (Phi) is 7.47. The molecular formula is C26H30N4O4. The second-order valence-corrected chi connectivity index (χ2v) is 8.04. The average molecular weight is 463 g/mol. The van der Waals surface area contributed by atoms with E-state index in [4.69, 9.17) is 14.2 Å². The molecule has 0 bridgehead atoms. The monoisotopic (exact) mass is 462 g/mol. The zero-order valence-corrected chi connectivity index (χ0v) is 19.9. The molecule has 34 heavy (non-hydrogen) atoms. The number of carbonyl (C=O) groups excluding carboxylic acids is 1. The van der Waals surface area contributed by atoms with Crippen molar-refractivity contribution in [2.75, 3.05) is 51.4 Å². The van der Waals surface area contributed by atoms with Gasteiger partial charge in [-0.05, 0) is 67.9 Å². The summed E-state index contributed by atoms with van der Waals surface area (Å²) in [6.07, 6.45) is 0. The minimum absolute atomic E-state index is 0.0178. The van der Waals surface area contributed by atoms with Crippen molar-refractivity contribution in [3.63, 3.8) is 0 Å². The van der Waals surface area contributed by atoms with Gasteiger partial charge in [-0.1, -0.05) is 6.07 Å². The van der Waals surface area contributed by atoms with Crippen molar-refractivity contribution in [1.82, 2.24) is 15.1 Å². The highest BCUT2D eigenvalue weighted by Crippen LogP contribution is 2.28. The molecule has 0 atom stereocenters. The minimum atomic E-state index is -0.0424. The van der Waals surface area contributed by atoms with Crippen molar-refractivity contribution in [3.05, 3.63) is 60.2 Å². The number of methoxy groups -OCH3 is 1. The quantitative estimate of drug-likeness (QED) is 0.506. The summed E-state index contributed by atoms with van der Waals surface area (Å²) in [5, 5.41) is 8.81. The van der Waals surface area contributed by atoms with Gasteiger partial charge in [0.05, 0.1) is 19.4 Å². The second kappa shape index (κ2) is 10.9. The molecule has 1 aromatic heterocycles. The SMILES string of the molecule is CCOc1ccc(-c2ccc(N3CCN(C(=O)COc4ccc(C)cc4OC)CC3)nn2)cc1. The largest absolute Gasteiger partial charge is 0.494 e. The number of benzene rings is 2. The van der Waals surface area contributed by atoms with Gasteiger partial charge in [0.25, 0.3) is 5.91 Å². The molecule has 8 heteroatoms. The minimum Gasteiger partial charge on any atom is -0.494 e. The molecule has 0 saturated carbocycles. The van der Waals surface area contributed by atoms with Crippen molar-refractivity contribution < 1.29 is 19.0 Å². The Morgan fingerprint density at radius 2 is 1.68 bits per heavy atom. The lowest BCUT2D eigenvalue weighted by molar-refractivity contribution is -0.133. The first-order valence-electron chi connectivity index (χ1n) is 11.4. The van der Waals surface area contributed by atoms with Crippen molar-refractivity contribution in [1.29, 1.82) is 0 Å². The normalized spacial score (nSPS) is 13.5. The molecule has 178 valence electrons. The number of aromatic nitrogens is 2. The van der Waals surface area contributed by atoms with Crippen LogP contribution in [0.5, 0.6) is 17.2 Å². The van der Waals surface area contributed by atoms with Gasteiger partial charge in [-0.3, -0.25) is 4.79 Å². The summed E-state index contributed by atoms with van der Waals surface area (Å²) in [7, 11) is 1.59. The molecule has 0 aliphatic carbocycles. The number of nitrogens with zero attached hydrogens (tertiary/aromatic N) is 4. The van der Waals surface area contributed by atoms with Gasteiger partial charge < -0.3 is 24.0 Å². The second-order valence-electron chi connectivity index (χ2n) is 8.04. The molecule has 3 aromatic rings. The first-order chi connectivity index (χ1) is 16.6. The van der Waals surface area contributed by atoms with Crippen LogP contribution < -0.4 is 19.1 Å². The van der Waals surface area contributed by atoms with Crippen molar-refractivity contribution in [3.8, 4) is 28.5 Å². The molecule has 0 N–H and O–H groups in total. The van der Waals surface area contributed by atoms with Crippen molar-refractivity contribution >= 4 is 11.7 Å².